The number of H-pyrrole nitrogens is 1. The van der Waals surface area contributed by atoms with Gasteiger partial charge in [-0.25, -0.2) is 8.42 Å². The van der Waals surface area contributed by atoms with Gasteiger partial charge in [0.15, 0.2) is 0 Å². The van der Waals surface area contributed by atoms with E-state index in [1.165, 1.54) is 4.31 Å². The fraction of sp³-hybridized carbons (Fsp3) is 0.625. The van der Waals surface area contributed by atoms with E-state index in [-0.39, 0.29) is 5.75 Å². The van der Waals surface area contributed by atoms with Crippen LogP contribution in [0.15, 0.2) is 6.20 Å². The van der Waals surface area contributed by atoms with Gasteiger partial charge in [-0.05, 0) is 12.8 Å². The van der Waals surface area contributed by atoms with E-state index in [1.54, 1.807) is 6.20 Å². The summed E-state index contributed by atoms with van der Waals surface area (Å²) in [5.74, 6) is 0.681. The van der Waals surface area contributed by atoms with Crippen LogP contribution >= 0.6 is 0 Å². The van der Waals surface area contributed by atoms with E-state index in [4.69, 9.17) is 5.73 Å². The number of hydrogen-bond acceptors (Lipinski definition) is 4. The van der Waals surface area contributed by atoms with Gasteiger partial charge >= 0.3 is 0 Å². The molecule has 0 bridgehead atoms. The summed E-state index contributed by atoms with van der Waals surface area (Å²) in [6.07, 6.45) is 3.23. The molecule has 1 fully saturated rings. The highest BCUT2D eigenvalue weighted by Gasteiger charge is 2.26. The molecule has 7 heteroatoms. The summed E-state index contributed by atoms with van der Waals surface area (Å²) < 4.78 is 24.8. The van der Waals surface area contributed by atoms with E-state index in [2.05, 4.69) is 10.2 Å². The highest BCUT2D eigenvalue weighted by molar-refractivity contribution is 7.89. The molecule has 1 saturated heterocycles. The minimum atomic E-state index is -3.08. The average Bonchev–Trinajstić information content (AvgIpc) is 2.56. The summed E-state index contributed by atoms with van der Waals surface area (Å²) in [6.45, 7) is 0.900. The van der Waals surface area contributed by atoms with Crippen molar-refractivity contribution in [2.75, 3.05) is 18.0 Å². The highest BCUT2D eigenvalue weighted by Crippen LogP contribution is 2.18. The second-order valence-electron chi connectivity index (χ2n) is 3.67. The van der Waals surface area contributed by atoms with Crippen LogP contribution in [0, 0.1) is 0 Å². The summed E-state index contributed by atoms with van der Waals surface area (Å²) in [6, 6.07) is 0. The monoisotopic (exact) mass is 230 g/mol. The van der Waals surface area contributed by atoms with Crippen molar-refractivity contribution in [2.24, 2.45) is 0 Å². The molecule has 3 N–H and O–H groups in total. The lowest BCUT2D eigenvalue weighted by Crippen LogP contribution is -2.37. The van der Waals surface area contributed by atoms with Crippen LogP contribution in [0.1, 0.15) is 18.4 Å². The van der Waals surface area contributed by atoms with Gasteiger partial charge < -0.3 is 5.73 Å². The van der Waals surface area contributed by atoms with Gasteiger partial charge in [0.1, 0.15) is 5.82 Å². The lowest BCUT2D eigenvalue weighted by Gasteiger charge is -2.25. The molecule has 0 spiro atoms. The van der Waals surface area contributed by atoms with Crippen molar-refractivity contribution in [1.82, 2.24) is 14.5 Å². The molecule has 0 aliphatic carbocycles. The van der Waals surface area contributed by atoms with Crippen LogP contribution in [0.4, 0.5) is 5.82 Å². The van der Waals surface area contributed by atoms with E-state index < -0.39 is 10.0 Å². The first kappa shape index (κ1) is 10.4. The van der Waals surface area contributed by atoms with Crippen molar-refractivity contribution < 1.29 is 8.42 Å². The topological polar surface area (TPSA) is 92.1 Å². The van der Waals surface area contributed by atoms with Crippen molar-refractivity contribution in [3.8, 4) is 0 Å². The fourth-order valence-electron chi connectivity index (χ4n) is 1.66. The zero-order valence-corrected chi connectivity index (χ0v) is 9.13. The Hall–Kier alpha value is -1.08. The van der Waals surface area contributed by atoms with Crippen LogP contribution in [-0.2, 0) is 16.6 Å². The Morgan fingerprint density at radius 3 is 2.93 bits per heavy atom. The number of rotatable bonds is 2. The third-order valence-corrected chi connectivity index (χ3v) is 4.45. The number of aromatic amines is 1. The lowest BCUT2D eigenvalue weighted by atomic mass is 10.3. The maximum atomic E-state index is 11.7. The van der Waals surface area contributed by atoms with E-state index in [0.29, 0.717) is 18.9 Å². The summed E-state index contributed by atoms with van der Waals surface area (Å²) in [5.41, 5.74) is 6.34. The molecule has 2 rings (SSSR count). The SMILES string of the molecule is Nc1[nH]ncc1CN1CCCCS1(=O)=O. The normalized spacial score (nSPS) is 21.6. The molecule has 0 radical (unpaired) electrons. The number of anilines is 1. The van der Waals surface area contributed by atoms with E-state index >= 15 is 0 Å². The zero-order valence-electron chi connectivity index (χ0n) is 8.31. The van der Waals surface area contributed by atoms with Gasteiger partial charge in [0.25, 0.3) is 0 Å². The molecular weight excluding hydrogens is 216 g/mol. The summed E-state index contributed by atoms with van der Waals surface area (Å²) >= 11 is 0. The van der Waals surface area contributed by atoms with Crippen molar-refractivity contribution in [3.63, 3.8) is 0 Å². The van der Waals surface area contributed by atoms with E-state index in [0.717, 1.165) is 18.4 Å². The highest BCUT2D eigenvalue weighted by atomic mass is 32.2. The van der Waals surface area contributed by atoms with Crippen molar-refractivity contribution in [1.29, 1.82) is 0 Å². The van der Waals surface area contributed by atoms with Gasteiger partial charge in [0.05, 0.1) is 11.9 Å². The Morgan fingerprint density at radius 1 is 1.53 bits per heavy atom. The molecule has 84 valence electrons. The molecule has 0 atom stereocenters. The van der Waals surface area contributed by atoms with Crippen LogP contribution in [0.2, 0.25) is 0 Å². The Kier molecular flexibility index (Phi) is 2.66. The molecular formula is C8H14N4O2S. The first-order valence-electron chi connectivity index (χ1n) is 4.85. The molecule has 15 heavy (non-hydrogen) atoms. The maximum absolute atomic E-state index is 11.7. The van der Waals surface area contributed by atoms with Gasteiger partial charge in [-0.3, -0.25) is 5.10 Å². The molecule has 1 aliphatic heterocycles. The third kappa shape index (κ3) is 2.13. The van der Waals surface area contributed by atoms with Crippen molar-refractivity contribution >= 4 is 15.8 Å². The number of hydrogen-bond donors (Lipinski definition) is 2. The van der Waals surface area contributed by atoms with Crippen LogP contribution in [-0.4, -0.2) is 35.2 Å². The molecule has 0 unspecified atom stereocenters. The predicted octanol–water partition coefficient (Wildman–Crippen LogP) is -0.0825. The number of nitrogens with zero attached hydrogens (tertiary/aromatic N) is 2. The van der Waals surface area contributed by atoms with E-state index in [9.17, 15) is 8.42 Å². The number of aromatic nitrogens is 2. The van der Waals surface area contributed by atoms with Crippen LogP contribution < -0.4 is 5.73 Å². The maximum Gasteiger partial charge on any atom is 0.214 e. The number of nitrogens with two attached hydrogens (primary N) is 1. The Labute approximate surface area is 88.5 Å². The lowest BCUT2D eigenvalue weighted by molar-refractivity contribution is 0.379. The molecule has 1 aromatic rings. The second-order valence-corrected chi connectivity index (χ2v) is 5.75. The largest absolute Gasteiger partial charge is 0.384 e. The van der Waals surface area contributed by atoms with Gasteiger partial charge in [0.2, 0.25) is 10.0 Å². The summed E-state index contributed by atoms with van der Waals surface area (Å²) in [5, 5.41) is 6.36. The third-order valence-electron chi connectivity index (χ3n) is 2.55. The zero-order chi connectivity index (χ0) is 10.9. The molecule has 2 heterocycles. The molecule has 1 aliphatic rings. The molecule has 0 amide bonds. The molecule has 1 aromatic heterocycles. The van der Waals surface area contributed by atoms with E-state index in [1.807, 2.05) is 0 Å². The minimum absolute atomic E-state index is 0.241. The first-order chi connectivity index (χ1) is 7.09. The molecule has 0 aromatic carbocycles. The molecule has 6 nitrogen and oxygen atoms in total. The van der Waals surface area contributed by atoms with Crippen LogP contribution in [0.5, 0.6) is 0 Å². The smallest absolute Gasteiger partial charge is 0.214 e. The van der Waals surface area contributed by atoms with Crippen LogP contribution in [0.3, 0.4) is 0 Å². The minimum Gasteiger partial charge on any atom is -0.384 e. The standard InChI is InChI=1S/C8H14N4O2S/c9-8-7(5-10-11-8)6-12-3-1-2-4-15(12,13)14/h5H,1-4,6H2,(H3,9,10,11). The second kappa shape index (κ2) is 3.82. The summed E-state index contributed by atoms with van der Waals surface area (Å²) in [4.78, 5) is 0. The van der Waals surface area contributed by atoms with Crippen molar-refractivity contribution in [3.05, 3.63) is 11.8 Å². The quantitative estimate of drug-likeness (QED) is 0.743. The Balaban J connectivity index is 2.15. The Bertz CT molecular complexity index is 439. The van der Waals surface area contributed by atoms with Crippen LogP contribution in [0.25, 0.3) is 0 Å². The fourth-order valence-corrected chi connectivity index (χ4v) is 3.23. The summed E-state index contributed by atoms with van der Waals surface area (Å²) in [7, 11) is -3.08. The Morgan fingerprint density at radius 2 is 2.33 bits per heavy atom. The van der Waals surface area contributed by atoms with Crippen molar-refractivity contribution in [2.45, 2.75) is 19.4 Å². The van der Waals surface area contributed by atoms with Gasteiger partial charge in [0, 0.05) is 18.7 Å². The average molecular weight is 230 g/mol. The molecule has 0 saturated carbocycles. The van der Waals surface area contributed by atoms with Gasteiger partial charge in [-0.2, -0.15) is 9.40 Å². The first-order valence-corrected chi connectivity index (χ1v) is 6.46. The van der Waals surface area contributed by atoms with Gasteiger partial charge in [-0.1, -0.05) is 0 Å². The number of nitrogens with one attached hydrogen (secondary N) is 1. The number of nitrogen functional groups attached to an aromatic ring is 1. The number of sulfonamides is 1. The van der Waals surface area contributed by atoms with Gasteiger partial charge in [-0.15, -0.1) is 0 Å². The predicted molar refractivity (Wildman–Crippen MR) is 56.4 cm³/mol.